The topological polar surface area (TPSA) is 105 Å². The molecule has 0 aliphatic carbocycles. The van der Waals surface area contributed by atoms with Crippen LogP contribution >= 0.6 is 0 Å². The summed E-state index contributed by atoms with van der Waals surface area (Å²) in [4.78, 5) is 47.6. The lowest BCUT2D eigenvalue weighted by molar-refractivity contribution is -0.140. The molecule has 1 aromatic heterocycles. The zero-order chi connectivity index (χ0) is 19.3. The number of halogens is 1. The number of alkyl halides is 1. The standard InChI is InChI=1S/C18H19FN2O5/c1-2-14(17(25)20-13(9-16(23)24)15(22)10-19)21-8-7-11-5-3-4-6-12(11)18(21)26/h3-8,13-14H,2,9-10H2,1H3,(H,20,25)(H,23,24)/t13-,14?/m0/s1. The summed E-state index contributed by atoms with van der Waals surface area (Å²) >= 11 is 0. The number of carboxylic acids is 1. The number of fused-ring (bicyclic) bond motifs is 1. The van der Waals surface area contributed by atoms with E-state index in [2.05, 4.69) is 5.32 Å². The summed E-state index contributed by atoms with van der Waals surface area (Å²) in [6.07, 6.45) is 0.979. The van der Waals surface area contributed by atoms with Gasteiger partial charge in [-0.25, -0.2) is 4.39 Å². The Morgan fingerprint density at radius 2 is 1.92 bits per heavy atom. The number of nitrogens with one attached hydrogen (secondary N) is 1. The van der Waals surface area contributed by atoms with E-state index in [0.717, 1.165) is 5.39 Å². The Kier molecular flexibility index (Phi) is 6.21. The van der Waals surface area contributed by atoms with Gasteiger partial charge in [0, 0.05) is 11.6 Å². The van der Waals surface area contributed by atoms with Gasteiger partial charge in [0.2, 0.25) is 5.91 Å². The quantitative estimate of drug-likeness (QED) is 0.739. The van der Waals surface area contributed by atoms with Crippen molar-refractivity contribution in [3.63, 3.8) is 0 Å². The van der Waals surface area contributed by atoms with Gasteiger partial charge in [-0.05, 0) is 23.9 Å². The van der Waals surface area contributed by atoms with E-state index in [4.69, 9.17) is 5.11 Å². The molecule has 0 radical (unpaired) electrons. The first-order valence-electron chi connectivity index (χ1n) is 8.09. The van der Waals surface area contributed by atoms with Gasteiger partial charge < -0.3 is 15.0 Å². The van der Waals surface area contributed by atoms with Crippen molar-refractivity contribution in [3.8, 4) is 0 Å². The highest BCUT2D eigenvalue weighted by Gasteiger charge is 2.28. The molecule has 0 spiro atoms. The zero-order valence-corrected chi connectivity index (χ0v) is 14.1. The number of carbonyl (C=O) groups is 3. The van der Waals surface area contributed by atoms with Gasteiger partial charge in [0.25, 0.3) is 5.56 Å². The molecule has 2 atom stereocenters. The molecule has 26 heavy (non-hydrogen) atoms. The molecule has 1 amide bonds. The largest absolute Gasteiger partial charge is 0.481 e. The minimum Gasteiger partial charge on any atom is -0.481 e. The highest BCUT2D eigenvalue weighted by Crippen LogP contribution is 2.14. The van der Waals surface area contributed by atoms with Crippen molar-refractivity contribution in [2.45, 2.75) is 31.8 Å². The summed E-state index contributed by atoms with van der Waals surface area (Å²) in [6, 6.07) is 6.16. The summed E-state index contributed by atoms with van der Waals surface area (Å²) in [6.45, 7) is 0.292. The van der Waals surface area contributed by atoms with Crippen LogP contribution in [0, 0.1) is 0 Å². The normalized spacial score (nSPS) is 13.2. The number of carbonyl (C=O) groups excluding carboxylic acids is 2. The van der Waals surface area contributed by atoms with E-state index in [-0.39, 0.29) is 12.0 Å². The maximum absolute atomic E-state index is 12.6. The van der Waals surface area contributed by atoms with Gasteiger partial charge in [0.05, 0.1) is 6.42 Å². The number of Topliss-reactive ketones (excluding diaryl/α,β-unsaturated/α-hetero) is 1. The van der Waals surface area contributed by atoms with Crippen LogP contribution in [-0.4, -0.2) is 40.0 Å². The minimum atomic E-state index is -1.48. The molecule has 1 unspecified atom stereocenters. The van der Waals surface area contributed by atoms with E-state index < -0.39 is 42.8 Å². The highest BCUT2D eigenvalue weighted by molar-refractivity contribution is 5.93. The first kappa shape index (κ1) is 19.3. The Morgan fingerprint density at radius 1 is 1.23 bits per heavy atom. The molecule has 0 bridgehead atoms. The van der Waals surface area contributed by atoms with Crippen molar-refractivity contribution in [1.29, 1.82) is 0 Å². The Hall–Kier alpha value is -3.03. The first-order valence-corrected chi connectivity index (χ1v) is 8.09. The maximum atomic E-state index is 12.6. The van der Waals surface area contributed by atoms with Gasteiger partial charge in [-0.3, -0.25) is 19.2 Å². The molecule has 2 rings (SSSR count). The van der Waals surface area contributed by atoms with Crippen LogP contribution in [-0.2, 0) is 14.4 Å². The SMILES string of the molecule is CCC(C(=O)N[C@@H](CC(=O)O)C(=O)CF)n1ccc2ccccc2c1=O. The molecule has 0 fully saturated rings. The number of benzene rings is 1. The van der Waals surface area contributed by atoms with Crippen molar-refractivity contribution >= 4 is 28.4 Å². The van der Waals surface area contributed by atoms with E-state index in [9.17, 15) is 23.6 Å². The monoisotopic (exact) mass is 362 g/mol. The third-order valence-electron chi connectivity index (χ3n) is 4.08. The van der Waals surface area contributed by atoms with Crippen LogP contribution in [0.15, 0.2) is 41.3 Å². The molecule has 7 nitrogen and oxygen atoms in total. The summed E-state index contributed by atoms with van der Waals surface area (Å²) in [7, 11) is 0. The van der Waals surface area contributed by atoms with Crippen LogP contribution in [0.5, 0.6) is 0 Å². The van der Waals surface area contributed by atoms with Gasteiger partial charge in [0.1, 0.15) is 18.8 Å². The molecule has 1 aromatic carbocycles. The number of nitrogens with zero attached hydrogens (tertiary/aromatic N) is 1. The Balaban J connectivity index is 2.33. The van der Waals surface area contributed by atoms with Crippen LogP contribution in [0.2, 0.25) is 0 Å². The number of carboxylic acid groups (broad SMARTS) is 1. The average Bonchev–Trinajstić information content (AvgIpc) is 2.62. The molecular formula is C18H19FN2O5. The zero-order valence-electron chi connectivity index (χ0n) is 14.1. The van der Waals surface area contributed by atoms with E-state index in [1.165, 1.54) is 10.8 Å². The summed E-state index contributed by atoms with van der Waals surface area (Å²) in [5, 5.41) is 12.2. The third kappa shape index (κ3) is 4.14. The predicted octanol–water partition coefficient (Wildman–Crippen LogP) is 1.45. The number of pyridine rings is 1. The van der Waals surface area contributed by atoms with Crippen molar-refractivity contribution in [3.05, 3.63) is 46.9 Å². The Morgan fingerprint density at radius 3 is 2.54 bits per heavy atom. The lowest BCUT2D eigenvalue weighted by atomic mass is 10.1. The number of aliphatic carboxylic acids is 1. The van der Waals surface area contributed by atoms with Crippen molar-refractivity contribution in [2.24, 2.45) is 0 Å². The molecular weight excluding hydrogens is 343 g/mol. The second-order valence-corrected chi connectivity index (χ2v) is 5.80. The summed E-state index contributed by atoms with van der Waals surface area (Å²) in [5.41, 5.74) is -0.378. The number of amides is 1. The maximum Gasteiger partial charge on any atom is 0.305 e. The average molecular weight is 362 g/mol. The van der Waals surface area contributed by atoms with E-state index in [1.54, 1.807) is 37.3 Å². The fourth-order valence-corrected chi connectivity index (χ4v) is 2.74. The smallest absolute Gasteiger partial charge is 0.305 e. The fourth-order valence-electron chi connectivity index (χ4n) is 2.74. The van der Waals surface area contributed by atoms with Crippen LogP contribution in [0.4, 0.5) is 4.39 Å². The Bertz CT molecular complexity index is 893. The molecule has 0 aliphatic heterocycles. The number of ketones is 1. The highest BCUT2D eigenvalue weighted by atomic mass is 19.1. The number of aromatic nitrogens is 1. The number of hydrogen-bond acceptors (Lipinski definition) is 4. The van der Waals surface area contributed by atoms with Crippen LogP contribution < -0.4 is 10.9 Å². The molecule has 0 aliphatic rings. The van der Waals surface area contributed by atoms with Crippen LogP contribution in [0.1, 0.15) is 25.8 Å². The minimum absolute atomic E-state index is 0.230. The van der Waals surface area contributed by atoms with Crippen LogP contribution in [0.25, 0.3) is 10.8 Å². The van der Waals surface area contributed by atoms with Gasteiger partial charge in [0.15, 0.2) is 5.78 Å². The van der Waals surface area contributed by atoms with Crippen molar-refractivity contribution < 1.29 is 23.9 Å². The fraction of sp³-hybridized carbons (Fsp3) is 0.333. The molecule has 0 saturated carbocycles. The van der Waals surface area contributed by atoms with Gasteiger partial charge in [-0.15, -0.1) is 0 Å². The predicted molar refractivity (Wildman–Crippen MR) is 92.7 cm³/mol. The molecule has 138 valence electrons. The van der Waals surface area contributed by atoms with Crippen LogP contribution in [0.3, 0.4) is 0 Å². The second kappa shape index (κ2) is 8.37. The van der Waals surface area contributed by atoms with E-state index >= 15 is 0 Å². The van der Waals surface area contributed by atoms with E-state index in [1.807, 2.05) is 0 Å². The molecule has 2 aromatic rings. The van der Waals surface area contributed by atoms with Crippen molar-refractivity contribution in [1.82, 2.24) is 9.88 Å². The lowest BCUT2D eigenvalue weighted by Crippen LogP contribution is -2.47. The van der Waals surface area contributed by atoms with Gasteiger partial charge in [-0.1, -0.05) is 25.1 Å². The van der Waals surface area contributed by atoms with E-state index in [0.29, 0.717) is 5.39 Å². The Labute approximate surface area is 148 Å². The first-order chi connectivity index (χ1) is 12.4. The third-order valence-corrected chi connectivity index (χ3v) is 4.08. The van der Waals surface area contributed by atoms with Gasteiger partial charge >= 0.3 is 5.97 Å². The molecule has 8 heteroatoms. The summed E-state index contributed by atoms with van der Waals surface area (Å²) < 4.78 is 13.9. The number of rotatable bonds is 8. The molecule has 1 heterocycles. The number of hydrogen-bond donors (Lipinski definition) is 2. The molecule has 0 saturated heterocycles. The second-order valence-electron chi connectivity index (χ2n) is 5.80. The molecule has 2 N–H and O–H groups in total. The summed E-state index contributed by atoms with van der Waals surface area (Å²) in [5.74, 6) is -3.08. The van der Waals surface area contributed by atoms with Gasteiger partial charge in [-0.2, -0.15) is 0 Å². The lowest BCUT2D eigenvalue weighted by Gasteiger charge is -2.21. The van der Waals surface area contributed by atoms with Crippen molar-refractivity contribution in [2.75, 3.05) is 6.67 Å².